The highest BCUT2D eigenvalue weighted by Crippen LogP contribution is 2.39. The molecule has 3 aromatic rings. The van der Waals surface area contributed by atoms with Gasteiger partial charge in [0.05, 0.1) is 29.2 Å². The smallest absolute Gasteiger partial charge is 0.336 e. The van der Waals surface area contributed by atoms with Crippen molar-refractivity contribution in [2.24, 2.45) is 0 Å². The van der Waals surface area contributed by atoms with Gasteiger partial charge in [-0.2, -0.15) is 0 Å². The molecule has 0 bridgehead atoms. The Kier molecular flexibility index (Phi) is 4.31. The monoisotopic (exact) mass is 378 g/mol. The number of aromatic amines is 2. The first-order valence-corrected chi connectivity index (χ1v) is 8.85. The summed E-state index contributed by atoms with van der Waals surface area (Å²) in [6.07, 6.45) is 1.70. The van der Waals surface area contributed by atoms with Crippen molar-refractivity contribution in [1.82, 2.24) is 15.0 Å². The summed E-state index contributed by atoms with van der Waals surface area (Å²) in [5.74, 6) is -0.934. The number of rotatable bonds is 3. The van der Waals surface area contributed by atoms with E-state index in [2.05, 4.69) is 20.3 Å². The largest absolute Gasteiger partial charge is 0.463 e. The highest BCUT2D eigenvalue weighted by atomic mass is 16.5. The van der Waals surface area contributed by atoms with Crippen LogP contribution in [-0.4, -0.2) is 27.5 Å². The molecular formula is C20H18N4O4. The van der Waals surface area contributed by atoms with E-state index < -0.39 is 23.1 Å². The Morgan fingerprint density at radius 1 is 1.21 bits per heavy atom. The van der Waals surface area contributed by atoms with Gasteiger partial charge in [0.2, 0.25) is 0 Å². The Morgan fingerprint density at radius 3 is 2.82 bits per heavy atom. The Labute approximate surface area is 159 Å². The van der Waals surface area contributed by atoms with Crippen molar-refractivity contribution in [3.05, 3.63) is 79.8 Å². The second kappa shape index (κ2) is 6.80. The van der Waals surface area contributed by atoms with E-state index in [4.69, 9.17) is 4.74 Å². The minimum absolute atomic E-state index is 0.207. The van der Waals surface area contributed by atoms with Gasteiger partial charge in [-0.25, -0.2) is 9.59 Å². The topological polar surface area (TPSA) is 117 Å². The first kappa shape index (κ1) is 17.7. The van der Waals surface area contributed by atoms with Crippen molar-refractivity contribution in [1.29, 1.82) is 0 Å². The average Bonchev–Trinajstić information content (AvgIpc) is 2.66. The molecule has 0 saturated heterocycles. The number of hydrogen-bond donors (Lipinski definition) is 3. The van der Waals surface area contributed by atoms with E-state index in [1.807, 2.05) is 30.3 Å². The molecule has 3 heterocycles. The zero-order valence-electron chi connectivity index (χ0n) is 15.3. The summed E-state index contributed by atoms with van der Waals surface area (Å²) in [4.78, 5) is 46.3. The summed E-state index contributed by atoms with van der Waals surface area (Å²) in [5, 5.41) is 3.84. The van der Waals surface area contributed by atoms with Crippen LogP contribution in [0.15, 0.2) is 57.4 Å². The minimum Gasteiger partial charge on any atom is -0.463 e. The van der Waals surface area contributed by atoms with Crippen LogP contribution in [0.25, 0.3) is 10.9 Å². The van der Waals surface area contributed by atoms with Crippen LogP contribution in [0.4, 0.5) is 5.82 Å². The van der Waals surface area contributed by atoms with Gasteiger partial charge in [0.25, 0.3) is 5.56 Å². The summed E-state index contributed by atoms with van der Waals surface area (Å²) in [5.41, 5.74) is 1.45. The normalized spacial score (nSPS) is 15.9. The summed E-state index contributed by atoms with van der Waals surface area (Å²) >= 11 is 0. The molecule has 2 aromatic heterocycles. The molecule has 0 radical (unpaired) electrons. The SMILES string of the molecule is CCOC(=O)C1=C(C)Nc2[nH]c(=O)[nH]c(=O)c2[C@H]1c1ccc2ncccc2c1. The third-order valence-electron chi connectivity index (χ3n) is 4.73. The molecule has 4 rings (SSSR count). The maximum absolute atomic E-state index is 12.7. The molecule has 0 fully saturated rings. The maximum Gasteiger partial charge on any atom is 0.336 e. The Hall–Kier alpha value is -3.68. The molecular weight excluding hydrogens is 360 g/mol. The standard InChI is InChI=1S/C20H18N4O4/c1-3-28-19(26)14-10(2)22-17-16(18(25)24-20(27)23-17)15(14)12-6-7-13-11(9-12)5-4-8-21-13/h4-9,15H,3H2,1-2H3,(H3,22,23,24,25,27)/t15-/m0/s1. The third-order valence-corrected chi connectivity index (χ3v) is 4.73. The van der Waals surface area contributed by atoms with Crippen LogP contribution in [0.2, 0.25) is 0 Å². The first-order valence-electron chi connectivity index (χ1n) is 8.85. The number of nitrogens with zero attached hydrogens (tertiary/aromatic N) is 1. The number of hydrogen-bond acceptors (Lipinski definition) is 6. The Bertz CT molecular complexity index is 1240. The second-order valence-electron chi connectivity index (χ2n) is 6.47. The molecule has 1 aliphatic heterocycles. The van der Waals surface area contributed by atoms with Gasteiger partial charge in [-0.1, -0.05) is 12.1 Å². The van der Waals surface area contributed by atoms with Gasteiger partial charge in [-0.15, -0.1) is 0 Å². The van der Waals surface area contributed by atoms with E-state index in [1.54, 1.807) is 20.0 Å². The molecule has 1 aliphatic rings. The van der Waals surface area contributed by atoms with Gasteiger partial charge in [0.1, 0.15) is 5.82 Å². The zero-order valence-corrected chi connectivity index (χ0v) is 15.3. The van der Waals surface area contributed by atoms with Gasteiger partial charge in [0, 0.05) is 17.3 Å². The summed E-state index contributed by atoms with van der Waals surface area (Å²) in [6.45, 7) is 3.64. The van der Waals surface area contributed by atoms with E-state index >= 15 is 0 Å². The molecule has 1 atom stereocenters. The summed E-state index contributed by atoms with van der Waals surface area (Å²) < 4.78 is 5.24. The molecule has 142 valence electrons. The fourth-order valence-electron chi connectivity index (χ4n) is 3.57. The number of benzene rings is 1. The number of allylic oxidation sites excluding steroid dienone is 1. The molecule has 28 heavy (non-hydrogen) atoms. The lowest BCUT2D eigenvalue weighted by atomic mass is 9.82. The van der Waals surface area contributed by atoms with Crippen molar-refractivity contribution in [3.8, 4) is 0 Å². The molecule has 1 aromatic carbocycles. The molecule has 0 spiro atoms. The van der Waals surface area contributed by atoms with Crippen molar-refractivity contribution < 1.29 is 9.53 Å². The number of ether oxygens (including phenoxy) is 1. The quantitative estimate of drug-likeness (QED) is 0.600. The highest BCUT2D eigenvalue weighted by molar-refractivity contribution is 5.94. The number of anilines is 1. The van der Waals surface area contributed by atoms with Crippen molar-refractivity contribution >= 4 is 22.7 Å². The number of carbonyl (C=O) groups is 1. The van der Waals surface area contributed by atoms with Crippen LogP contribution in [0, 0.1) is 0 Å². The first-order chi connectivity index (χ1) is 13.5. The Balaban J connectivity index is 2.00. The molecule has 0 saturated carbocycles. The fraction of sp³-hybridized carbons (Fsp3) is 0.200. The number of H-pyrrole nitrogens is 2. The van der Waals surface area contributed by atoms with E-state index in [0.717, 1.165) is 16.5 Å². The number of pyridine rings is 1. The van der Waals surface area contributed by atoms with Crippen LogP contribution in [0.5, 0.6) is 0 Å². The number of esters is 1. The van der Waals surface area contributed by atoms with Crippen LogP contribution in [0.3, 0.4) is 0 Å². The molecule has 0 aliphatic carbocycles. The van der Waals surface area contributed by atoms with Crippen molar-refractivity contribution in [2.75, 3.05) is 11.9 Å². The molecule has 3 N–H and O–H groups in total. The van der Waals surface area contributed by atoms with E-state index in [9.17, 15) is 14.4 Å². The molecule has 0 unspecified atom stereocenters. The predicted molar refractivity (Wildman–Crippen MR) is 104 cm³/mol. The van der Waals surface area contributed by atoms with E-state index in [-0.39, 0.29) is 18.0 Å². The van der Waals surface area contributed by atoms with Gasteiger partial charge in [-0.3, -0.25) is 19.7 Å². The van der Waals surface area contributed by atoms with Gasteiger partial charge < -0.3 is 10.1 Å². The van der Waals surface area contributed by atoms with Crippen LogP contribution >= 0.6 is 0 Å². The fourth-order valence-corrected chi connectivity index (χ4v) is 3.57. The highest BCUT2D eigenvalue weighted by Gasteiger charge is 2.36. The van der Waals surface area contributed by atoms with Gasteiger partial charge in [0.15, 0.2) is 0 Å². The average molecular weight is 378 g/mol. The van der Waals surface area contributed by atoms with Crippen molar-refractivity contribution in [3.63, 3.8) is 0 Å². The summed E-state index contributed by atoms with van der Waals surface area (Å²) in [7, 11) is 0. The number of fused-ring (bicyclic) bond motifs is 2. The maximum atomic E-state index is 12.7. The third kappa shape index (κ3) is 2.88. The van der Waals surface area contributed by atoms with Crippen LogP contribution in [0.1, 0.15) is 30.9 Å². The molecule has 8 nitrogen and oxygen atoms in total. The lowest BCUT2D eigenvalue weighted by molar-refractivity contribution is -0.138. The number of carbonyl (C=O) groups excluding carboxylic acids is 1. The van der Waals surface area contributed by atoms with E-state index in [1.165, 1.54) is 0 Å². The summed E-state index contributed by atoms with van der Waals surface area (Å²) in [6, 6.07) is 9.28. The number of nitrogens with one attached hydrogen (secondary N) is 3. The Morgan fingerprint density at radius 2 is 2.04 bits per heavy atom. The van der Waals surface area contributed by atoms with Gasteiger partial charge >= 0.3 is 11.7 Å². The predicted octanol–water partition coefficient (Wildman–Crippen LogP) is 2.01. The minimum atomic E-state index is -0.694. The molecule has 8 heteroatoms. The van der Waals surface area contributed by atoms with E-state index in [0.29, 0.717) is 11.3 Å². The lowest BCUT2D eigenvalue weighted by Gasteiger charge is -2.28. The van der Waals surface area contributed by atoms with Crippen LogP contribution in [-0.2, 0) is 9.53 Å². The number of aromatic nitrogens is 3. The van der Waals surface area contributed by atoms with Gasteiger partial charge in [-0.05, 0) is 37.6 Å². The lowest BCUT2D eigenvalue weighted by Crippen LogP contribution is -2.35. The second-order valence-corrected chi connectivity index (χ2v) is 6.47. The van der Waals surface area contributed by atoms with Crippen LogP contribution < -0.4 is 16.6 Å². The molecule has 0 amide bonds. The van der Waals surface area contributed by atoms with Crippen molar-refractivity contribution in [2.45, 2.75) is 19.8 Å². The zero-order chi connectivity index (χ0) is 19.8.